The number of amides is 1. The van der Waals surface area contributed by atoms with Gasteiger partial charge < -0.3 is 15.5 Å². The quantitative estimate of drug-likeness (QED) is 0.524. The molecule has 1 saturated carbocycles. The van der Waals surface area contributed by atoms with Gasteiger partial charge in [0.25, 0.3) is 0 Å². The summed E-state index contributed by atoms with van der Waals surface area (Å²) in [7, 11) is 3.54. The predicted octanol–water partition coefficient (Wildman–Crippen LogP) is 4.21. The van der Waals surface area contributed by atoms with Crippen molar-refractivity contribution in [1.82, 2.24) is 20.0 Å². The Balaban J connectivity index is 1.60. The minimum absolute atomic E-state index is 0.0188. The van der Waals surface area contributed by atoms with Gasteiger partial charge in [0.1, 0.15) is 23.0 Å². The molecule has 0 radical (unpaired) electrons. The van der Waals surface area contributed by atoms with Gasteiger partial charge in [-0.05, 0) is 31.9 Å². The Morgan fingerprint density at radius 1 is 1.21 bits per heavy atom. The van der Waals surface area contributed by atoms with E-state index in [1.54, 1.807) is 7.05 Å². The Bertz CT molecular complexity index is 1420. The van der Waals surface area contributed by atoms with Crippen LogP contribution >= 0.6 is 0 Å². The van der Waals surface area contributed by atoms with Crippen molar-refractivity contribution in [3.63, 3.8) is 0 Å². The summed E-state index contributed by atoms with van der Waals surface area (Å²) in [6, 6.07) is 3.96. The molecule has 1 aromatic carbocycles. The first-order valence-corrected chi connectivity index (χ1v) is 11.0. The molecular weight excluding hydrogens is 437 g/mol. The molecule has 2 aliphatic rings. The van der Waals surface area contributed by atoms with E-state index in [-0.39, 0.29) is 34.9 Å². The van der Waals surface area contributed by atoms with Crippen LogP contribution in [0, 0.1) is 11.7 Å². The van der Waals surface area contributed by atoms with Crippen molar-refractivity contribution in [3.05, 3.63) is 41.5 Å². The van der Waals surface area contributed by atoms with Gasteiger partial charge in [0.05, 0.1) is 28.7 Å². The molecule has 9 nitrogen and oxygen atoms in total. The maximum Gasteiger partial charge on any atom is 0.228 e. The van der Waals surface area contributed by atoms with E-state index < -0.39 is 24.9 Å². The molecule has 0 saturated heterocycles. The van der Waals surface area contributed by atoms with Gasteiger partial charge in [0.15, 0.2) is 5.78 Å². The lowest BCUT2D eigenvalue weighted by molar-refractivity contribution is -0.117. The van der Waals surface area contributed by atoms with E-state index in [9.17, 15) is 14.0 Å². The highest BCUT2D eigenvalue weighted by Gasteiger charge is 2.33. The summed E-state index contributed by atoms with van der Waals surface area (Å²) < 4.78 is 37.4. The van der Waals surface area contributed by atoms with Crippen molar-refractivity contribution in [1.29, 1.82) is 0 Å². The van der Waals surface area contributed by atoms with E-state index in [2.05, 4.69) is 25.8 Å². The van der Waals surface area contributed by atoms with Crippen LogP contribution in [-0.4, -0.2) is 38.7 Å². The minimum Gasteiger partial charge on any atom is -0.364 e. The van der Waals surface area contributed by atoms with Gasteiger partial charge in [-0.25, -0.2) is 9.37 Å². The number of carbonyl (C=O) groups is 2. The van der Waals surface area contributed by atoms with Crippen LogP contribution in [0.1, 0.15) is 59.2 Å². The minimum atomic E-state index is -2.48. The molecule has 1 atom stereocenters. The van der Waals surface area contributed by atoms with Crippen molar-refractivity contribution in [2.75, 3.05) is 22.6 Å². The van der Waals surface area contributed by atoms with Gasteiger partial charge in [0, 0.05) is 48.4 Å². The first-order chi connectivity index (χ1) is 17.4. The number of aromatic nitrogens is 4. The number of fused-ring (bicyclic) bond motifs is 3. The Labute approximate surface area is 200 Å². The van der Waals surface area contributed by atoms with Crippen molar-refractivity contribution in [2.24, 2.45) is 13.0 Å². The molecule has 176 valence electrons. The maximum atomic E-state index is 14.9. The number of nitrogens with one attached hydrogen (secondary N) is 2. The van der Waals surface area contributed by atoms with E-state index in [0.29, 0.717) is 28.3 Å². The Morgan fingerprint density at radius 2 is 2.00 bits per heavy atom. The van der Waals surface area contributed by atoms with Crippen LogP contribution in [0.2, 0.25) is 0 Å². The molecule has 10 heteroatoms. The molecule has 3 aromatic rings. The normalized spacial score (nSPS) is 18.3. The molecule has 1 amide bonds. The van der Waals surface area contributed by atoms with Crippen LogP contribution in [0.3, 0.4) is 0 Å². The fourth-order valence-electron chi connectivity index (χ4n) is 4.19. The molecular formula is C24H26FN7O2. The van der Waals surface area contributed by atoms with Gasteiger partial charge in [0.2, 0.25) is 5.91 Å². The number of nitrogens with zero attached hydrogens (tertiary/aromatic N) is 5. The number of aryl methyl sites for hydroxylation is 1. The van der Waals surface area contributed by atoms with Gasteiger partial charge in [-0.15, -0.1) is 0 Å². The SMILES string of the molecule is [2H]C([2H])([2H])CC(=O)c1cnc(NC(=O)C2CC2)cc1Nc1cc(F)cc2c1N(C)[C@H](C)c1nn(C)nc1-2. The molecule has 2 N–H and O–H groups in total. The Morgan fingerprint density at radius 3 is 2.74 bits per heavy atom. The maximum absolute atomic E-state index is 14.9. The van der Waals surface area contributed by atoms with Crippen molar-refractivity contribution < 1.29 is 18.1 Å². The molecule has 1 aliphatic heterocycles. The molecule has 1 fully saturated rings. The number of ketones is 1. The number of halogens is 1. The topological polar surface area (TPSA) is 105 Å². The smallest absolute Gasteiger partial charge is 0.228 e. The summed E-state index contributed by atoms with van der Waals surface area (Å²) >= 11 is 0. The van der Waals surface area contributed by atoms with Crippen molar-refractivity contribution in [2.45, 2.75) is 39.1 Å². The molecule has 0 unspecified atom stereocenters. The molecule has 0 spiro atoms. The van der Waals surface area contributed by atoms with Crippen LogP contribution in [-0.2, 0) is 11.8 Å². The van der Waals surface area contributed by atoms with E-state index in [4.69, 9.17) is 4.11 Å². The number of Topliss-reactive ketones (excluding diaryl/α,β-unsaturated/α-hetero) is 1. The first-order valence-electron chi connectivity index (χ1n) is 12.5. The van der Waals surface area contributed by atoms with Crippen molar-refractivity contribution >= 4 is 34.6 Å². The number of carbonyl (C=O) groups excluding carboxylic acids is 2. The number of hydrogen-bond donors (Lipinski definition) is 2. The van der Waals surface area contributed by atoms with Gasteiger partial charge >= 0.3 is 0 Å². The highest BCUT2D eigenvalue weighted by atomic mass is 19.1. The lowest BCUT2D eigenvalue weighted by atomic mass is 9.96. The second-order valence-electron chi connectivity index (χ2n) is 8.66. The fourth-order valence-corrected chi connectivity index (χ4v) is 4.19. The Kier molecular flexibility index (Phi) is 4.48. The fraction of sp³-hybridized carbons (Fsp3) is 0.375. The third kappa shape index (κ3) is 3.78. The monoisotopic (exact) mass is 466 g/mol. The van der Waals surface area contributed by atoms with E-state index in [1.807, 2.05) is 18.9 Å². The summed E-state index contributed by atoms with van der Waals surface area (Å²) in [5.74, 6) is -1.23. The third-order valence-corrected chi connectivity index (χ3v) is 6.23. The summed E-state index contributed by atoms with van der Waals surface area (Å²) in [5, 5.41) is 14.7. The zero-order valence-electron chi connectivity index (χ0n) is 22.0. The summed E-state index contributed by atoms with van der Waals surface area (Å²) in [6.07, 6.45) is 2.14. The van der Waals surface area contributed by atoms with E-state index in [1.165, 1.54) is 29.2 Å². The summed E-state index contributed by atoms with van der Waals surface area (Å²) in [6.45, 7) is -0.532. The molecule has 3 heterocycles. The zero-order valence-corrected chi connectivity index (χ0v) is 19.0. The van der Waals surface area contributed by atoms with Crippen LogP contribution in [0.5, 0.6) is 0 Å². The van der Waals surface area contributed by atoms with Crippen LogP contribution in [0.15, 0.2) is 24.4 Å². The van der Waals surface area contributed by atoms with Gasteiger partial charge in [-0.1, -0.05) is 6.85 Å². The van der Waals surface area contributed by atoms with Crippen LogP contribution in [0.4, 0.5) is 27.3 Å². The predicted molar refractivity (Wildman–Crippen MR) is 127 cm³/mol. The van der Waals surface area contributed by atoms with Crippen LogP contribution < -0.4 is 15.5 Å². The van der Waals surface area contributed by atoms with Crippen molar-refractivity contribution in [3.8, 4) is 11.3 Å². The average molecular weight is 467 g/mol. The highest BCUT2D eigenvalue weighted by Crippen LogP contribution is 2.47. The lowest BCUT2D eigenvalue weighted by Crippen LogP contribution is -2.27. The van der Waals surface area contributed by atoms with E-state index >= 15 is 0 Å². The molecule has 0 bridgehead atoms. The van der Waals surface area contributed by atoms with Gasteiger partial charge in [-0.3, -0.25) is 9.59 Å². The zero-order chi connectivity index (χ0) is 26.6. The largest absolute Gasteiger partial charge is 0.364 e. The van der Waals surface area contributed by atoms with E-state index in [0.717, 1.165) is 12.8 Å². The number of rotatable bonds is 6. The number of benzene rings is 1. The number of hydrogen-bond acceptors (Lipinski definition) is 7. The number of anilines is 4. The lowest BCUT2D eigenvalue weighted by Gasteiger charge is -2.34. The average Bonchev–Trinajstić information content (AvgIpc) is 3.57. The molecule has 34 heavy (non-hydrogen) atoms. The van der Waals surface area contributed by atoms with Gasteiger partial charge in [-0.2, -0.15) is 15.0 Å². The second kappa shape index (κ2) is 8.19. The second-order valence-corrected chi connectivity index (χ2v) is 8.66. The summed E-state index contributed by atoms with van der Waals surface area (Å²) in [4.78, 5) is 32.8. The van der Waals surface area contributed by atoms with Crippen LogP contribution in [0.25, 0.3) is 11.3 Å². The third-order valence-electron chi connectivity index (χ3n) is 6.23. The standard InChI is InChI=1S/C24H26FN7O2/c1-5-19(33)16-11-26-20(28-24(34)13-6-7-13)10-17(16)27-18-9-14(25)8-15-22-21(29-32(4)30-22)12(2)31(3)23(15)18/h8-13H,5-7H2,1-4H3,(H2,26,27,28,34)/t12-/m1/s1/i1D3. The molecule has 5 rings (SSSR count). The Hall–Kier alpha value is -3.82. The molecule has 1 aliphatic carbocycles. The summed E-state index contributed by atoms with van der Waals surface area (Å²) in [5.41, 5.74) is 2.98. The molecule has 2 aromatic heterocycles. The first kappa shape index (κ1) is 18.6. The number of pyridine rings is 1. The highest BCUT2D eigenvalue weighted by molar-refractivity contribution is 6.03.